The van der Waals surface area contributed by atoms with Gasteiger partial charge in [0.05, 0.1) is 5.56 Å². The molecule has 14 heteroatoms. The largest absolute Gasteiger partial charge is 0.480 e. The number of pyridine rings is 1. The number of hydrogen-bond donors (Lipinski definition) is 1. The Kier molecular flexibility index (Phi) is 6.18. The maximum Gasteiger partial charge on any atom is 0.416 e. The van der Waals surface area contributed by atoms with E-state index in [2.05, 4.69) is 4.98 Å². The third-order valence-corrected chi connectivity index (χ3v) is 5.35. The first-order valence-electron chi connectivity index (χ1n) is 7.31. The van der Waals surface area contributed by atoms with E-state index in [1.165, 1.54) is 0 Å². The number of hydrogen-bond acceptors (Lipinski definition) is 4. The average molecular weight is 446 g/mol. The Labute approximate surface area is 158 Å². The van der Waals surface area contributed by atoms with Crippen LogP contribution in [0.2, 0.25) is 0 Å². The summed E-state index contributed by atoms with van der Waals surface area (Å²) < 4.78 is 118. The van der Waals surface area contributed by atoms with Crippen molar-refractivity contribution in [2.75, 3.05) is 6.54 Å². The van der Waals surface area contributed by atoms with E-state index >= 15 is 0 Å². The van der Waals surface area contributed by atoms with Gasteiger partial charge in [0.2, 0.25) is 10.0 Å². The molecular formula is C15H9F7N2O4S. The molecule has 1 heterocycles. The standard InChI is InChI=1S/C15H9F7N2O4S/c16-9-3-10(13(18)14(19)12(9)17)29(27,28)24(6-11(25)26)5-7-4-23-2-1-8(7)15(20,21)22/h1-4H,5-6H2,(H,25,26). The maximum atomic E-state index is 13.9. The van der Waals surface area contributed by atoms with Crippen molar-refractivity contribution in [1.29, 1.82) is 0 Å². The summed E-state index contributed by atoms with van der Waals surface area (Å²) in [5.74, 6) is -11.1. The molecule has 0 amide bonds. The highest BCUT2D eigenvalue weighted by molar-refractivity contribution is 7.89. The maximum absolute atomic E-state index is 13.9. The molecule has 1 aromatic heterocycles. The zero-order valence-electron chi connectivity index (χ0n) is 13.8. The van der Waals surface area contributed by atoms with E-state index in [-0.39, 0.29) is 10.4 Å². The van der Waals surface area contributed by atoms with E-state index in [4.69, 9.17) is 5.11 Å². The van der Waals surface area contributed by atoms with Crippen LogP contribution < -0.4 is 0 Å². The average Bonchev–Trinajstić information content (AvgIpc) is 2.61. The second-order valence-corrected chi connectivity index (χ2v) is 7.40. The van der Waals surface area contributed by atoms with Gasteiger partial charge in [-0.25, -0.2) is 26.0 Å². The molecule has 29 heavy (non-hydrogen) atoms. The van der Waals surface area contributed by atoms with Crippen LogP contribution in [0.15, 0.2) is 29.4 Å². The molecule has 158 valence electrons. The van der Waals surface area contributed by atoms with Crippen LogP contribution in [0.1, 0.15) is 11.1 Å². The van der Waals surface area contributed by atoms with Crippen LogP contribution in [0.25, 0.3) is 0 Å². The lowest BCUT2D eigenvalue weighted by molar-refractivity contribution is -0.138. The van der Waals surface area contributed by atoms with E-state index in [9.17, 15) is 43.9 Å². The Morgan fingerprint density at radius 3 is 2.28 bits per heavy atom. The van der Waals surface area contributed by atoms with Crippen molar-refractivity contribution in [1.82, 2.24) is 9.29 Å². The van der Waals surface area contributed by atoms with Crippen LogP contribution in [0.5, 0.6) is 0 Å². The van der Waals surface area contributed by atoms with Gasteiger partial charge in [-0.05, 0) is 11.6 Å². The molecule has 2 rings (SSSR count). The van der Waals surface area contributed by atoms with Crippen molar-refractivity contribution in [3.63, 3.8) is 0 Å². The van der Waals surface area contributed by atoms with Crippen LogP contribution >= 0.6 is 0 Å². The van der Waals surface area contributed by atoms with E-state index in [1.807, 2.05) is 0 Å². The van der Waals surface area contributed by atoms with E-state index in [0.29, 0.717) is 12.3 Å². The molecule has 0 aliphatic rings. The Morgan fingerprint density at radius 1 is 1.10 bits per heavy atom. The van der Waals surface area contributed by atoms with Gasteiger partial charge in [-0.3, -0.25) is 9.78 Å². The Balaban J connectivity index is 2.62. The number of carboxylic acids is 1. The monoisotopic (exact) mass is 446 g/mol. The topological polar surface area (TPSA) is 87.6 Å². The molecule has 0 radical (unpaired) electrons. The fraction of sp³-hybridized carbons (Fsp3) is 0.200. The molecule has 0 saturated carbocycles. The lowest BCUT2D eigenvalue weighted by Gasteiger charge is -2.22. The Hall–Kier alpha value is -2.74. The zero-order valence-corrected chi connectivity index (χ0v) is 14.7. The summed E-state index contributed by atoms with van der Waals surface area (Å²) in [4.78, 5) is 12.6. The fourth-order valence-electron chi connectivity index (χ4n) is 2.27. The number of alkyl halides is 3. The molecule has 0 unspecified atom stereocenters. The SMILES string of the molecule is O=C(O)CN(Cc1cnccc1C(F)(F)F)S(=O)(=O)c1cc(F)c(F)c(F)c1F. The second-order valence-electron chi connectivity index (χ2n) is 5.50. The van der Waals surface area contributed by atoms with Gasteiger partial charge >= 0.3 is 12.1 Å². The van der Waals surface area contributed by atoms with Crippen LogP contribution in [0.4, 0.5) is 30.7 Å². The lowest BCUT2D eigenvalue weighted by Crippen LogP contribution is -2.36. The summed E-state index contributed by atoms with van der Waals surface area (Å²) in [6.45, 7) is -2.77. The Morgan fingerprint density at radius 2 is 1.72 bits per heavy atom. The molecule has 0 aliphatic heterocycles. The molecule has 0 fully saturated rings. The predicted molar refractivity (Wildman–Crippen MR) is 80.7 cm³/mol. The van der Waals surface area contributed by atoms with Crippen molar-refractivity contribution >= 4 is 16.0 Å². The molecule has 0 bridgehead atoms. The number of carbonyl (C=O) groups is 1. The van der Waals surface area contributed by atoms with Gasteiger partial charge in [-0.2, -0.15) is 17.5 Å². The minimum atomic E-state index is -5.41. The first-order chi connectivity index (χ1) is 13.3. The molecule has 1 aromatic carbocycles. The number of carboxylic acid groups (broad SMARTS) is 1. The smallest absolute Gasteiger partial charge is 0.416 e. The molecule has 1 N–H and O–H groups in total. The van der Waals surface area contributed by atoms with Crippen molar-refractivity contribution < 1.29 is 49.1 Å². The van der Waals surface area contributed by atoms with Crippen molar-refractivity contribution in [2.45, 2.75) is 17.6 Å². The minimum absolute atomic E-state index is 0.170. The number of sulfonamides is 1. The van der Waals surface area contributed by atoms with Crippen LogP contribution in [-0.4, -0.2) is 35.3 Å². The summed E-state index contributed by atoms with van der Waals surface area (Å²) in [6, 6.07) is 0.241. The molecule has 0 spiro atoms. The number of aromatic nitrogens is 1. The van der Waals surface area contributed by atoms with Gasteiger partial charge in [0.15, 0.2) is 23.3 Å². The number of aliphatic carboxylic acids is 1. The third kappa shape index (κ3) is 4.64. The Bertz CT molecular complexity index is 1060. The van der Waals surface area contributed by atoms with E-state index in [0.717, 1.165) is 6.20 Å². The van der Waals surface area contributed by atoms with Gasteiger partial charge in [0.1, 0.15) is 11.4 Å². The zero-order chi connectivity index (χ0) is 22.1. The highest BCUT2D eigenvalue weighted by Gasteiger charge is 2.37. The molecule has 0 saturated heterocycles. The van der Waals surface area contributed by atoms with Gasteiger partial charge in [0.25, 0.3) is 0 Å². The van der Waals surface area contributed by atoms with E-state index in [1.54, 1.807) is 0 Å². The highest BCUT2D eigenvalue weighted by Crippen LogP contribution is 2.33. The highest BCUT2D eigenvalue weighted by atomic mass is 32.2. The van der Waals surface area contributed by atoms with Crippen LogP contribution in [0.3, 0.4) is 0 Å². The number of nitrogens with zero attached hydrogens (tertiary/aromatic N) is 2. The molecule has 6 nitrogen and oxygen atoms in total. The second kappa shape index (κ2) is 7.94. The number of rotatable bonds is 6. The van der Waals surface area contributed by atoms with Crippen molar-refractivity contribution in [3.8, 4) is 0 Å². The summed E-state index contributed by atoms with van der Waals surface area (Å²) >= 11 is 0. The van der Waals surface area contributed by atoms with Gasteiger partial charge in [-0.1, -0.05) is 0 Å². The van der Waals surface area contributed by atoms with Crippen LogP contribution in [-0.2, 0) is 27.5 Å². The first kappa shape index (κ1) is 22.5. The number of halogens is 7. The lowest BCUT2D eigenvalue weighted by atomic mass is 10.1. The third-order valence-electron chi connectivity index (χ3n) is 3.55. The summed E-state index contributed by atoms with van der Waals surface area (Å²) in [5.41, 5.74) is -2.18. The van der Waals surface area contributed by atoms with Gasteiger partial charge < -0.3 is 5.11 Å². The quantitative estimate of drug-likeness (QED) is 0.419. The summed E-state index contributed by atoms with van der Waals surface area (Å²) in [6.07, 6.45) is -3.64. The van der Waals surface area contributed by atoms with Gasteiger partial charge in [-0.15, -0.1) is 0 Å². The normalized spacial score (nSPS) is 12.4. The molecule has 0 aliphatic carbocycles. The van der Waals surface area contributed by atoms with Crippen molar-refractivity contribution in [3.05, 3.63) is 58.9 Å². The predicted octanol–water partition coefficient (Wildman–Crippen LogP) is 2.93. The molecular weight excluding hydrogens is 437 g/mol. The molecule has 2 aromatic rings. The van der Waals surface area contributed by atoms with Crippen LogP contribution in [0, 0.1) is 23.3 Å². The van der Waals surface area contributed by atoms with Crippen molar-refractivity contribution in [2.24, 2.45) is 0 Å². The minimum Gasteiger partial charge on any atom is -0.480 e. The van der Waals surface area contributed by atoms with E-state index < -0.39 is 74.5 Å². The fourth-order valence-corrected chi connectivity index (χ4v) is 3.71. The summed E-state index contributed by atoms with van der Waals surface area (Å²) in [5, 5.41) is 8.88. The summed E-state index contributed by atoms with van der Waals surface area (Å²) in [7, 11) is -5.41. The number of benzene rings is 1. The van der Waals surface area contributed by atoms with Gasteiger partial charge in [0, 0.05) is 25.0 Å². The molecule has 0 atom stereocenters. The first-order valence-corrected chi connectivity index (χ1v) is 8.75.